The highest BCUT2D eigenvalue weighted by Gasteiger charge is 2.18. The molecule has 0 amide bonds. The van der Waals surface area contributed by atoms with Gasteiger partial charge in [-0.3, -0.25) is 0 Å². The van der Waals surface area contributed by atoms with Gasteiger partial charge in [0.05, 0.1) is 22.5 Å². The maximum Gasteiger partial charge on any atom is 0.240 e. The molecule has 8 nitrogen and oxygen atoms in total. The normalized spacial score (nSPS) is 11.5. The monoisotopic (exact) mass is 380 g/mol. The first-order valence-corrected chi connectivity index (χ1v) is 9.26. The summed E-state index contributed by atoms with van der Waals surface area (Å²) in [5.41, 5.74) is 6.39. The quantitative estimate of drug-likeness (QED) is 0.629. The van der Waals surface area contributed by atoms with E-state index >= 15 is 0 Å². The molecule has 25 heavy (non-hydrogen) atoms. The second-order valence-corrected chi connectivity index (χ2v) is 7.58. The zero-order valence-corrected chi connectivity index (χ0v) is 14.5. The average molecular weight is 380 g/mol. The van der Waals surface area contributed by atoms with Crippen molar-refractivity contribution in [1.82, 2.24) is 15.0 Å². The number of nitrogen functional groups attached to an aromatic ring is 1. The van der Waals surface area contributed by atoms with E-state index in [0.717, 1.165) is 17.5 Å². The molecule has 0 atom stereocenters. The molecule has 5 N–H and O–H groups in total. The predicted octanol–water partition coefficient (Wildman–Crippen LogP) is 2.02. The molecule has 2 heterocycles. The first-order chi connectivity index (χ1) is 11.8. The van der Waals surface area contributed by atoms with Crippen molar-refractivity contribution in [3.63, 3.8) is 0 Å². The van der Waals surface area contributed by atoms with E-state index in [2.05, 4.69) is 20.3 Å². The number of rotatable bonds is 4. The number of hydrogen-bond acceptors (Lipinski definition) is 8. The molecule has 3 rings (SSSR count). The summed E-state index contributed by atoms with van der Waals surface area (Å²) < 4.78 is 37.4. The van der Waals surface area contributed by atoms with Crippen molar-refractivity contribution in [2.75, 3.05) is 11.1 Å². The second kappa shape index (κ2) is 6.35. The number of anilines is 3. The lowest BCUT2D eigenvalue weighted by molar-refractivity contribution is 0.598. The van der Waals surface area contributed by atoms with Gasteiger partial charge in [-0.25, -0.2) is 32.9 Å². The van der Waals surface area contributed by atoms with Crippen molar-refractivity contribution < 1.29 is 12.8 Å². The number of nitrogens with one attached hydrogen (secondary N) is 1. The average Bonchev–Trinajstić information content (AvgIpc) is 2.87. The zero-order valence-electron chi connectivity index (χ0n) is 12.9. The van der Waals surface area contributed by atoms with Gasteiger partial charge >= 0.3 is 0 Å². The topological polar surface area (TPSA) is 137 Å². The predicted molar refractivity (Wildman–Crippen MR) is 93.3 cm³/mol. The van der Waals surface area contributed by atoms with Gasteiger partial charge in [-0.1, -0.05) is 23.5 Å². The number of nitrogens with two attached hydrogens (primary N) is 2. The molecule has 0 aliphatic carbocycles. The van der Waals surface area contributed by atoms with Gasteiger partial charge in [0.15, 0.2) is 10.9 Å². The molecule has 0 saturated heterocycles. The second-order valence-electron chi connectivity index (χ2n) is 5.02. The zero-order chi connectivity index (χ0) is 18.2. The van der Waals surface area contributed by atoms with Crippen molar-refractivity contribution in [2.24, 2.45) is 5.14 Å². The van der Waals surface area contributed by atoms with E-state index in [0.29, 0.717) is 15.7 Å². The Kier molecular flexibility index (Phi) is 4.37. The summed E-state index contributed by atoms with van der Waals surface area (Å²) in [6, 6.07) is 6.00. The Balaban J connectivity index is 2.04. The Morgan fingerprint density at radius 1 is 1.24 bits per heavy atom. The van der Waals surface area contributed by atoms with Crippen LogP contribution in [-0.4, -0.2) is 23.4 Å². The minimum absolute atomic E-state index is 0.0128. The first kappa shape index (κ1) is 17.2. The van der Waals surface area contributed by atoms with Crippen LogP contribution in [0.2, 0.25) is 0 Å². The van der Waals surface area contributed by atoms with E-state index in [4.69, 9.17) is 10.9 Å². The van der Waals surface area contributed by atoms with Crippen LogP contribution in [0.3, 0.4) is 0 Å². The smallest absolute Gasteiger partial charge is 0.240 e. The van der Waals surface area contributed by atoms with Crippen molar-refractivity contribution in [3.8, 4) is 10.6 Å². The fraction of sp³-hybridized carbons (Fsp3) is 0.0714. The first-order valence-electron chi connectivity index (χ1n) is 6.90. The molecule has 11 heteroatoms. The summed E-state index contributed by atoms with van der Waals surface area (Å²) in [5, 5.41) is 8.23. The van der Waals surface area contributed by atoms with Crippen LogP contribution in [0.4, 0.5) is 21.2 Å². The molecule has 2 aromatic heterocycles. The van der Waals surface area contributed by atoms with Gasteiger partial charge in [-0.05, 0) is 19.1 Å². The molecule has 0 aliphatic rings. The van der Waals surface area contributed by atoms with Crippen molar-refractivity contribution >= 4 is 38.1 Å². The molecule has 0 fully saturated rings. The SMILES string of the molecule is Cc1nc(N)sc1-c1nc(Nc2ccccc2S(N)(=O)=O)ncc1F. The Bertz CT molecular complexity index is 1050. The van der Waals surface area contributed by atoms with E-state index in [1.807, 2.05) is 0 Å². The van der Waals surface area contributed by atoms with Crippen molar-refractivity contribution in [2.45, 2.75) is 11.8 Å². The van der Waals surface area contributed by atoms with Crippen molar-refractivity contribution in [3.05, 3.63) is 42.0 Å². The van der Waals surface area contributed by atoms with Gasteiger partial charge in [-0.2, -0.15) is 0 Å². The molecule has 0 bridgehead atoms. The largest absolute Gasteiger partial charge is 0.375 e. The number of nitrogens with zero attached hydrogens (tertiary/aromatic N) is 3. The fourth-order valence-corrected chi connectivity index (χ4v) is 3.68. The summed E-state index contributed by atoms with van der Waals surface area (Å²) >= 11 is 1.10. The number of aromatic nitrogens is 3. The van der Waals surface area contributed by atoms with E-state index in [9.17, 15) is 12.8 Å². The summed E-state index contributed by atoms with van der Waals surface area (Å²) in [6.07, 6.45) is 0.986. The molecule has 0 unspecified atom stereocenters. The van der Waals surface area contributed by atoms with Gasteiger partial charge in [-0.15, -0.1) is 0 Å². The molecule has 0 radical (unpaired) electrons. The number of primary sulfonamides is 1. The van der Waals surface area contributed by atoms with Gasteiger partial charge in [0.25, 0.3) is 0 Å². The van der Waals surface area contributed by atoms with Crippen LogP contribution < -0.4 is 16.2 Å². The standard InChI is InChI=1S/C14H13FN6O2S2/c1-7-12(24-13(16)19-7)11-8(15)6-18-14(21-11)20-9-4-2-3-5-10(9)25(17,22)23/h2-6H,1H3,(H2,16,19)(H2,17,22,23)(H,18,20,21). The highest BCUT2D eigenvalue weighted by Crippen LogP contribution is 2.32. The maximum absolute atomic E-state index is 14.1. The minimum Gasteiger partial charge on any atom is -0.375 e. The molecule has 1 aromatic carbocycles. The number of hydrogen-bond donors (Lipinski definition) is 3. The number of halogens is 1. The highest BCUT2D eigenvalue weighted by molar-refractivity contribution is 7.89. The maximum atomic E-state index is 14.1. The molecule has 0 aliphatic heterocycles. The molecular weight excluding hydrogens is 367 g/mol. The summed E-state index contributed by atoms with van der Waals surface area (Å²) in [5.74, 6) is -0.629. The summed E-state index contributed by atoms with van der Waals surface area (Å²) in [7, 11) is -3.94. The molecule has 0 spiro atoms. The lowest BCUT2D eigenvalue weighted by Crippen LogP contribution is -2.14. The Morgan fingerprint density at radius 3 is 2.60 bits per heavy atom. The Hall–Kier alpha value is -2.63. The number of benzene rings is 1. The summed E-state index contributed by atoms with van der Waals surface area (Å²) in [4.78, 5) is 12.3. The number of thiazole rings is 1. The van der Waals surface area contributed by atoms with E-state index in [-0.39, 0.29) is 22.2 Å². The molecule has 0 saturated carbocycles. The third-order valence-electron chi connectivity index (χ3n) is 3.21. The fourth-order valence-electron chi connectivity index (χ4n) is 2.16. The Morgan fingerprint density at radius 2 is 1.96 bits per heavy atom. The Labute approximate surface area is 146 Å². The number of sulfonamides is 1. The van der Waals surface area contributed by atoms with Gasteiger partial charge in [0.2, 0.25) is 16.0 Å². The van der Waals surface area contributed by atoms with Crippen LogP contribution in [0.25, 0.3) is 10.6 Å². The molecular formula is C14H13FN6O2S2. The highest BCUT2D eigenvalue weighted by atomic mass is 32.2. The van der Waals surface area contributed by atoms with Crippen LogP contribution in [0.1, 0.15) is 5.69 Å². The lowest BCUT2D eigenvalue weighted by atomic mass is 10.3. The number of aryl methyl sites for hydroxylation is 1. The van der Waals surface area contributed by atoms with Gasteiger partial charge < -0.3 is 11.1 Å². The third-order valence-corrected chi connectivity index (χ3v) is 5.17. The van der Waals surface area contributed by atoms with Gasteiger partial charge in [0, 0.05) is 0 Å². The number of para-hydroxylation sites is 1. The lowest BCUT2D eigenvalue weighted by Gasteiger charge is -2.10. The van der Waals surface area contributed by atoms with Crippen LogP contribution in [0.15, 0.2) is 35.4 Å². The van der Waals surface area contributed by atoms with Crippen LogP contribution >= 0.6 is 11.3 Å². The van der Waals surface area contributed by atoms with Gasteiger partial charge in [0.1, 0.15) is 10.6 Å². The van der Waals surface area contributed by atoms with Crippen LogP contribution in [0, 0.1) is 12.7 Å². The molecule has 3 aromatic rings. The van der Waals surface area contributed by atoms with Crippen LogP contribution in [-0.2, 0) is 10.0 Å². The summed E-state index contributed by atoms with van der Waals surface area (Å²) in [6.45, 7) is 1.69. The van der Waals surface area contributed by atoms with E-state index in [1.54, 1.807) is 13.0 Å². The third kappa shape index (κ3) is 3.57. The minimum atomic E-state index is -3.94. The van der Waals surface area contributed by atoms with Crippen LogP contribution in [0.5, 0.6) is 0 Å². The molecule has 130 valence electrons. The van der Waals surface area contributed by atoms with E-state index in [1.165, 1.54) is 18.2 Å². The van der Waals surface area contributed by atoms with E-state index < -0.39 is 15.8 Å². The van der Waals surface area contributed by atoms with Crippen molar-refractivity contribution in [1.29, 1.82) is 0 Å².